The molecule has 148 valence electrons. The average Bonchev–Trinajstić information content (AvgIpc) is 2.95. The summed E-state index contributed by atoms with van der Waals surface area (Å²) in [7, 11) is 0. The molecule has 2 N–H and O–H groups in total. The van der Waals surface area contributed by atoms with Gasteiger partial charge in [0.15, 0.2) is 0 Å². The van der Waals surface area contributed by atoms with Crippen LogP contribution >= 0.6 is 23.2 Å². The number of nitrogens with one attached hydrogen (secondary N) is 2. The Morgan fingerprint density at radius 2 is 1.46 bits per heavy atom. The molecule has 1 fully saturated rings. The van der Waals surface area contributed by atoms with E-state index in [-0.39, 0.29) is 18.4 Å². The molecule has 1 saturated heterocycles. The zero-order valence-electron chi connectivity index (χ0n) is 15.5. The minimum Gasteiger partial charge on any atom is -0.376 e. The molecule has 1 aliphatic rings. The molecule has 0 bridgehead atoms. The molecule has 0 atom stereocenters. The van der Waals surface area contributed by atoms with E-state index in [9.17, 15) is 9.59 Å². The Bertz CT molecular complexity index is 812. The number of hydrogen-bond donors (Lipinski definition) is 2. The first-order valence-corrected chi connectivity index (χ1v) is 10.2. The van der Waals surface area contributed by atoms with Gasteiger partial charge < -0.3 is 15.5 Å². The summed E-state index contributed by atoms with van der Waals surface area (Å²) in [6, 6.07) is 12.0. The van der Waals surface area contributed by atoms with Gasteiger partial charge in [-0.25, -0.2) is 0 Å². The second-order valence-corrected chi connectivity index (χ2v) is 7.72. The SMILES string of the molecule is O=C(CNc1cc(Cl)cc(Cl)c1)Nc1ccc(C(=O)N2CCCCCC2)cc1. The topological polar surface area (TPSA) is 61.4 Å². The molecule has 0 aromatic heterocycles. The van der Waals surface area contributed by atoms with Crippen molar-refractivity contribution >= 4 is 46.4 Å². The van der Waals surface area contributed by atoms with Gasteiger partial charge in [-0.05, 0) is 55.3 Å². The van der Waals surface area contributed by atoms with Crippen molar-refractivity contribution in [2.45, 2.75) is 25.7 Å². The van der Waals surface area contributed by atoms with Gasteiger partial charge in [-0.1, -0.05) is 36.0 Å². The van der Waals surface area contributed by atoms with E-state index in [1.807, 2.05) is 4.90 Å². The molecular weight excluding hydrogens is 397 g/mol. The van der Waals surface area contributed by atoms with Crippen molar-refractivity contribution in [3.8, 4) is 0 Å². The number of anilines is 2. The van der Waals surface area contributed by atoms with Gasteiger partial charge in [-0.2, -0.15) is 0 Å². The van der Waals surface area contributed by atoms with Crippen LogP contribution in [-0.4, -0.2) is 36.3 Å². The third-order valence-electron chi connectivity index (χ3n) is 4.62. The van der Waals surface area contributed by atoms with Crippen LogP contribution in [0.1, 0.15) is 36.0 Å². The Hall–Kier alpha value is -2.24. The number of benzene rings is 2. The zero-order chi connectivity index (χ0) is 19.9. The van der Waals surface area contributed by atoms with Gasteiger partial charge in [0.1, 0.15) is 0 Å². The highest BCUT2D eigenvalue weighted by molar-refractivity contribution is 6.35. The van der Waals surface area contributed by atoms with Gasteiger partial charge in [-0.3, -0.25) is 9.59 Å². The van der Waals surface area contributed by atoms with Crippen molar-refractivity contribution < 1.29 is 9.59 Å². The Labute approximate surface area is 175 Å². The minimum absolute atomic E-state index is 0.0549. The minimum atomic E-state index is -0.206. The Morgan fingerprint density at radius 3 is 2.07 bits per heavy atom. The highest BCUT2D eigenvalue weighted by Gasteiger charge is 2.17. The lowest BCUT2D eigenvalue weighted by molar-refractivity contribution is -0.114. The van der Waals surface area contributed by atoms with Gasteiger partial charge in [0, 0.05) is 40.1 Å². The number of halogens is 2. The molecule has 0 unspecified atom stereocenters. The van der Waals surface area contributed by atoms with E-state index in [2.05, 4.69) is 10.6 Å². The van der Waals surface area contributed by atoms with Crippen LogP contribution in [0.5, 0.6) is 0 Å². The molecule has 1 heterocycles. The second-order valence-electron chi connectivity index (χ2n) is 6.84. The molecule has 1 aliphatic heterocycles. The van der Waals surface area contributed by atoms with E-state index in [0.29, 0.717) is 27.0 Å². The van der Waals surface area contributed by atoms with Crippen LogP contribution in [0.15, 0.2) is 42.5 Å². The Balaban J connectivity index is 1.53. The Morgan fingerprint density at radius 1 is 0.857 bits per heavy atom. The van der Waals surface area contributed by atoms with Crippen molar-refractivity contribution in [2.24, 2.45) is 0 Å². The third kappa shape index (κ3) is 5.88. The average molecular weight is 420 g/mol. The van der Waals surface area contributed by atoms with Gasteiger partial charge in [-0.15, -0.1) is 0 Å². The summed E-state index contributed by atoms with van der Waals surface area (Å²) in [5.41, 5.74) is 1.96. The fourth-order valence-electron chi connectivity index (χ4n) is 3.20. The third-order valence-corrected chi connectivity index (χ3v) is 5.06. The fourth-order valence-corrected chi connectivity index (χ4v) is 3.72. The first-order chi connectivity index (χ1) is 13.5. The molecule has 5 nitrogen and oxygen atoms in total. The smallest absolute Gasteiger partial charge is 0.253 e. The summed E-state index contributed by atoms with van der Waals surface area (Å²) in [5, 5.41) is 6.79. The molecule has 0 aliphatic carbocycles. The quantitative estimate of drug-likeness (QED) is 0.711. The lowest BCUT2D eigenvalue weighted by Crippen LogP contribution is -2.31. The molecule has 2 aromatic rings. The number of rotatable bonds is 5. The monoisotopic (exact) mass is 419 g/mol. The summed E-state index contributed by atoms with van der Waals surface area (Å²) in [6.07, 6.45) is 4.49. The molecule has 3 rings (SSSR count). The van der Waals surface area contributed by atoms with Crippen LogP contribution in [0.4, 0.5) is 11.4 Å². The van der Waals surface area contributed by atoms with Crippen molar-refractivity contribution in [3.63, 3.8) is 0 Å². The normalized spacial score (nSPS) is 14.3. The number of amides is 2. The van der Waals surface area contributed by atoms with E-state index < -0.39 is 0 Å². The first kappa shape index (κ1) is 20.5. The summed E-state index contributed by atoms with van der Waals surface area (Å²) in [6.45, 7) is 1.71. The van der Waals surface area contributed by atoms with Crippen LogP contribution < -0.4 is 10.6 Å². The highest BCUT2D eigenvalue weighted by Crippen LogP contribution is 2.22. The summed E-state index contributed by atoms with van der Waals surface area (Å²) in [4.78, 5) is 26.7. The maximum absolute atomic E-state index is 12.6. The lowest BCUT2D eigenvalue weighted by atomic mass is 10.1. The summed E-state index contributed by atoms with van der Waals surface area (Å²) >= 11 is 11.9. The molecule has 28 heavy (non-hydrogen) atoms. The van der Waals surface area contributed by atoms with E-state index in [0.717, 1.165) is 25.9 Å². The number of hydrogen-bond acceptors (Lipinski definition) is 3. The van der Waals surface area contributed by atoms with Crippen molar-refractivity contribution in [2.75, 3.05) is 30.3 Å². The van der Waals surface area contributed by atoms with E-state index in [4.69, 9.17) is 23.2 Å². The van der Waals surface area contributed by atoms with Crippen molar-refractivity contribution in [1.82, 2.24) is 4.90 Å². The fraction of sp³-hybridized carbons (Fsp3) is 0.333. The van der Waals surface area contributed by atoms with Crippen molar-refractivity contribution in [1.29, 1.82) is 0 Å². The predicted molar refractivity (Wildman–Crippen MR) is 114 cm³/mol. The maximum atomic E-state index is 12.6. The lowest BCUT2D eigenvalue weighted by Gasteiger charge is -2.20. The second kappa shape index (κ2) is 9.80. The van der Waals surface area contributed by atoms with Crippen LogP contribution in [0.2, 0.25) is 10.0 Å². The molecule has 0 saturated carbocycles. The molecule has 2 amide bonds. The standard InChI is InChI=1S/C21H23Cl2N3O2/c22-16-11-17(23)13-19(12-16)24-14-20(27)25-18-7-5-15(6-8-18)21(28)26-9-3-1-2-4-10-26/h5-8,11-13,24H,1-4,9-10,14H2,(H,25,27). The number of carbonyl (C=O) groups is 2. The van der Waals surface area contributed by atoms with E-state index in [1.54, 1.807) is 42.5 Å². The largest absolute Gasteiger partial charge is 0.376 e. The van der Waals surface area contributed by atoms with Crippen LogP contribution in [0.25, 0.3) is 0 Å². The van der Waals surface area contributed by atoms with Crippen LogP contribution in [0.3, 0.4) is 0 Å². The van der Waals surface area contributed by atoms with Crippen LogP contribution in [-0.2, 0) is 4.79 Å². The first-order valence-electron chi connectivity index (χ1n) is 9.40. The van der Waals surface area contributed by atoms with Gasteiger partial charge in [0.25, 0.3) is 5.91 Å². The van der Waals surface area contributed by atoms with E-state index in [1.165, 1.54) is 12.8 Å². The summed E-state index contributed by atoms with van der Waals surface area (Å²) < 4.78 is 0. The number of likely N-dealkylation sites (tertiary alicyclic amines) is 1. The molecule has 0 spiro atoms. The molecule has 2 aromatic carbocycles. The molecule has 7 heteroatoms. The van der Waals surface area contributed by atoms with Crippen molar-refractivity contribution in [3.05, 3.63) is 58.1 Å². The zero-order valence-corrected chi connectivity index (χ0v) is 17.0. The van der Waals surface area contributed by atoms with Gasteiger partial charge in [0.05, 0.1) is 6.54 Å². The molecule has 0 radical (unpaired) electrons. The Kier molecular flexibility index (Phi) is 7.18. The highest BCUT2D eigenvalue weighted by atomic mass is 35.5. The summed E-state index contributed by atoms with van der Waals surface area (Å²) in [5.74, 6) is -0.151. The molecular formula is C21H23Cl2N3O2. The number of nitrogens with zero attached hydrogens (tertiary/aromatic N) is 1. The van der Waals surface area contributed by atoms with E-state index >= 15 is 0 Å². The predicted octanol–water partition coefficient (Wildman–Crippen LogP) is 5.06. The van der Waals surface area contributed by atoms with Crippen LogP contribution in [0, 0.1) is 0 Å². The van der Waals surface area contributed by atoms with Gasteiger partial charge >= 0.3 is 0 Å². The van der Waals surface area contributed by atoms with Gasteiger partial charge in [0.2, 0.25) is 5.91 Å². The number of carbonyl (C=O) groups excluding carboxylic acids is 2. The maximum Gasteiger partial charge on any atom is 0.253 e.